The molecule has 31 heavy (non-hydrogen) atoms. The number of benzene rings is 2. The molecule has 7 nitrogen and oxygen atoms in total. The van der Waals surface area contributed by atoms with Crippen LogP contribution in [0, 0.1) is 6.92 Å². The van der Waals surface area contributed by atoms with Gasteiger partial charge in [0.15, 0.2) is 5.82 Å². The first-order valence-electron chi connectivity index (χ1n) is 10.3. The van der Waals surface area contributed by atoms with Gasteiger partial charge in [-0.2, -0.15) is 4.31 Å². The number of carbonyl (C=O) groups excluding carboxylic acids is 1. The first kappa shape index (κ1) is 21.1. The summed E-state index contributed by atoms with van der Waals surface area (Å²) in [5.74, 6) is 0.214. The van der Waals surface area contributed by atoms with Crippen LogP contribution in [0.5, 0.6) is 0 Å². The lowest BCUT2D eigenvalue weighted by atomic mass is 10.2. The van der Waals surface area contributed by atoms with Crippen molar-refractivity contribution in [1.29, 1.82) is 0 Å². The normalized spacial score (nSPS) is 14.9. The van der Waals surface area contributed by atoms with Crippen molar-refractivity contribution in [2.75, 3.05) is 18.4 Å². The monoisotopic (exact) mass is 436 g/mol. The average Bonchev–Trinajstić information content (AvgIpc) is 2.80. The molecule has 0 aliphatic carbocycles. The van der Waals surface area contributed by atoms with E-state index in [0.29, 0.717) is 35.9 Å². The Kier molecular flexibility index (Phi) is 6.11. The number of piperidine rings is 1. The summed E-state index contributed by atoms with van der Waals surface area (Å²) < 4.78 is 27.0. The third-order valence-corrected chi connectivity index (χ3v) is 7.23. The molecule has 1 saturated heterocycles. The van der Waals surface area contributed by atoms with Crippen LogP contribution >= 0.6 is 0 Å². The maximum atomic E-state index is 12.8. The molecule has 0 saturated carbocycles. The fraction of sp³-hybridized carbons (Fsp3) is 0.261. The van der Waals surface area contributed by atoms with Gasteiger partial charge in [-0.05, 0) is 44.0 Å². The highest BCUT2D eigenvalue weighted by Crippen LogP contribution is 2.22. The van der Waals surface area contributed by atoms with Gasteiger partial charge in [0.2, 0.25) is 10.0 Å². The van der Waals surface area contributed by atoms with Crippen LogP contribution in [0.1, 0.15) is 35.3 Å². The summed E-state index contributed by atoms with van der Waals surface area (Å²) in [6, 6.07) is 15.8. The average molecular weight is 437 g/mol. The number of sulfonamides is 1. The minimum Gasteiger partial charge on any atom is -0.322 e. The molecule has 4 rings (SSSR count). The number of anilines is 1. The molecule has 1 fully saturated rings. The minimum atomic E-state index is -3.50. The molecule has 0 atom stereocenters. The summed E-state index contributed by atoms with van der Waals surface area (Å²) >= 11 is 0. The summed E-state index contributed by atoms with van der Waals surface area (Å²) in [5, 5.41) is 2.79. The molecule has 0 bridgehead atoms. The van der Waals surface area contributed by atoms with Gasteiger partial charge in [-0.1, -0.05) is 36.8 Å². The molecule has 1 N–H and O–H groups in total. The van der Waals surface area contributed by atoms with Crippen LogP contribution in [0.25, 0.3) is 11.4 Å². The zero-order valence-electron chi connectivity index (χ0n) is 17.3. The van der Waals surface area contributed by atoms with Gasteiger partial charge in [0.25, 0.3) is 5.91 Å². The second kappa shape index (κ2) is 8.95. The molecule has 2 aromatic carbocycles. The van der Waals surface area contributed by atoms with E-state index in [1.807, 2.05) is 30.3 Å². The highest BCUT2D eigenvalue weighted by Gasteiger charge is 2.25. The zero-order chi connectivity index (χ0) is 21.8. The van der Waals surface area contributed by atoms with Gasteiger partial charge in [0.05, 0.1) is 16.2 Å². The lowest BCUT2D eigenvalue weighted by Crippen LogP contribution is -2.35. The summed E-state index contributed by atoms with van der Waals surface area (Å²) in [6.07, 6.45) is 4.34. The predicted octanol–water partition coefficient (Wildman–Crippen LogP) is 3.88. The van der Waals surface area contributed by atoms with Crippen LogP contribution in [0.3, 0.4) is 0 Å². The molecular weight excluding hydrogens is 412 g/mol. The third kappa shape index (κ3) is 4.65. The Morgan fingerprint density at radius 2 is 1.65 bits per heavy atom. The van der Waals surface area contributed by atoms with E-state index < -0.39 is 10.0 Å². The van der Waals surface area contributed by atoms with Crippen molar-refractivity contribution >= 4 is 21.6 Å². The quantitative estimate of drug-likeness (QED) is 0.655. The van der Waals surface area contributed by atoms with Crippen LogP contribution < -0.4 is 5.32 Å². The SMILES string of the molecule is Cc1nc(-c2ccccc2)ncc1C(=O)Nc1ccc(S(=O)(=O)N2CCCCC2)cc1. The second-order valence-electron chi connectivity index (χ2n) is 7.50. The number of aryl methyl sites for hydroxylation is 1. The largest absolute Gasteiger partial charge is 0.322 e. The number of rotatable bonds is 5. The molecule has 1 aliphatic rings. The number of carbonyl (C=O) groups is 1. The van der Waals surface area contributed by atoms with E-state index in [2.05, 4.69) is 15.3 Å². The van der Waals surface area contributed by atoms with Crippen LogP contribution in [0.15, 0.2) is 65.7 Å². The summed E-state index contributed by atoms with van der Waals surface area (Å²) in [6.45, 7) is 2.87. The molecule has 0 spiro atoms. The van der Waals surface area contributed by atoms with Crippen LogP contribution in [0.2, 0.25) is 0 Å². The van der Waals surface area contributed by atoms with Gasteiger partial charge < -0.3 is 5.32 Å². The van der Waals surface area contributed by atoms with Crippen molar-refractivity contribution in [3.63, 3.8) is 0 Å². The molecule has 2 heterocycles. The van der Waals surface area contributed by atoms with Crippen molar-refractivity contribution in [3.05, 3.63) is 72.1 Å². The van der Waals surface area contributed by atoms with E-state index in [9.17, 15) is 13.2 Å². The van der Waals surface area contributed by atoms with Gasteiger partial charge in [-0.3, -0.25) is 4.79 Å². The van der Waals surface area contributed by atoms with Gasteiger partial charge in [-0.25, -0.2) is 18.4 Å². The maximum Gasteiger partial charge on any atom is 0.259 e. The number of nitrogens with one attached hydrogen (secondary N) is 1. The maximum absolute atomic E-state index is 12.8. The van der Waals surface area contributed by atoms with Crippen molar-refractivity contribution in [3.8, 4) is 11.4 Å². The van der Waals surface area contributed by atoms with E-state index in [0.717, 1.165) is 24.8 Å². The van der Waals surface area contributed by atoms with E-state index in [1.165, 1.54) is 22.6 Å². The summed E-state index contributed by atoms with van der Waals surface area (Å²) in [5.41, 5.74) is 2.32. The van der Waals surface area contributed by atoms with E-state index in [4.69, 9.17) is 0 Å². The Labute approximate surface area is 182 Å². The molecule has 1 aliphatic heterocycles. The smallest absolute Gasteiger partial charge is 0.259 e. The fourth-order valence-electron chi connectivity index (χ4n) is 3.58. The van der Waals surface area contributed by atoms with E-state index in [1.54, 1.807) is 19.1 Å². The minimum absolute atomic E-state index is 0.235. The number of hydrogen-bond donors (Lipinski definition) is 1. The molecule has 1 aromatic heterocycles. The Balaban J connectivity index is 1.47. The summed E-state index contributed by atoms with van der Waals surface area (Å²) in [7, 11) is -3.50. The zero-order valence-corrected chi connectivity index (χ0v) is 18.1. The lowest BCUT2D eigenvalue weighted by molar-refractivity contribution is 0.102. The fourth-order valence-corrected chi connectivity index (χ4v) is 5.10. The lowest BCUT2D eigenvalue weighted by Gasteiger charge is -2.25. The molecule has 8 heteroatoms. The molecule has 0 unspecified atom stereocenters. The first-order chi connectivity index (χ1) is 14.9. The van der Waals surface area contributed by atoms with Crippen LogP contribution in [-0.2, 0) is 10.0 Å². The van der Waals surface area contributed by atoms with Gasteiger partial charge >= 0.3 is 0 Å². The number of nitrogens with zero attached hydrogens (tertiary/aromatic N) is 3. The summed E-state index contributed by atoms with van der Waals surface area (Å²) in [4.78, 5) is 21.7. The van der Waals surface area contributed by atoms with Crippen molar-refractivity contribution in [2.45, 2.75) is 31.1 Å². The van der Waals surface area contributed by atoms with E-state index >= 15 is 0 Å². The van der Waals surface area contributed by atoms with Crippen LogP contribution in [-0.4, -0.2) is 41.7 Å². The third-order valence-electron chi connectivity index (χ3n) is 5.32. The van der Waals surface area contributed by atoms with Gasteiger partial charge in [0.1, 0.15) is 0 Å². The van der Waals surface area contributed by atoms with Crippen LogP contribution in [0.4, 0.5) is 5.69 Å². The van der Waals surface area contributed by atoms with Gasteiger partial charge in [-0.15, -0.1) is 0 Å². The van der Waals surface area contributed by atoms with E-state index in [-0.39, 0.29) is 10.8 Å². The molecule has 0 radical (unpaired) electrons. The number of amides is 1. The Morgan fingerprint density at radius 1 is 0.968 bits per heavy atom. The second-order valence-corrected chi connectivity index (χ2v) is 9.44. The molecule has 3 aromatic rings. The highest BCUT2D eigenvalue weighted by atomic mass is 32.2. The standard InChI is InChI=1S/C23H24N4O3S/c1-17-21(16-24-22(25-17)18-8-4-2-5-9-18)23(28)26-19-10-12-20(13-11-19)31(29,30)27-14-6-3-7-15-27/h2,4-5,8-13,16H,3,6-7,14-15H2,1H3,(H,26,28). The first-order valence-corrected chi connectivity index (χ1v) is 11.7. The topological polar surface area (TPSA) is 92.3 Å². The Hall–Kier alpha value is -3.10. The Morgan fingerprint density at radius 3 is 2.29 bits per heavy atom. The molecular formula is C23H24N4O3S. The Bertz CT molecular complexity index is 1170. The van der Waals surface area contributed by atoms with Crippen molar-refractivity contribution in [2.24, 2.45) is 0 Å². The van der Waals surface area contributed by atoms with Crippen molar-refractivity contribution in [1.82, 2.24) is 14.3 Å². The molecule has 160 valence electrons. The van der Waals surface area contributed by atoms with Crippen molar-refractivity contribution < 1.29 is 13.2 Å². The van der Waals surface area contributed by atoms with Gasteiger partial charge in [0, 0.05) is 30.5 Å². The number of hydrogen-bond acceptors (Lipinski definition) is 5. The predicted molar refractivity (Wildman–Crippen MR) is 119 cm³/mol. The molecule has 1 amide bonds. The number of aromatic nitrogens is 2. The highest BCUT2D eigenvalue weighted by molar-refractivity contribution is 7.89.